The first-order valence-corrected chi connectivity index (χ1v) is 5.93. The summed E-state index contributed by atoms with van der Waals surface area (Å²) in [6.07, 6.45) is 2.75. The SMILES string of the molecule is CC(C)N1CCC([C@@H](C)N(C)C)CC1. The van der Waals surface area contributed by atoms with Gasteiger partial charge in [0.25, 0.3) is 0 Å². The summed E-state index contributed by atoms with van der Waals surface area (Å²) >= 11 is 0. The van der Waals surface area contributed by atoms with Crippen LogP contribution in [0, 0.1) is 5.92 Å². The molecule has 14 heavy (non-hydrogen) atoms. The van der Waals surface area contributed by atoms with Crippen molar-refractivity contribution in [2.24, 2.45) is 5.92 Å². The van der Waals surface area contributed by atoms with Crippen molar-refractivity contribution < 1.29 is 0 Å². The molecular weight excluding hydrogens is 172 g/mol. The zero-order valence-electron chi connectivity index (χ0n) is 10.5. The maximum Gasteiger partial charge on any atom is 0.00900 e. The van der Waals surface area contributed by atoms with Gasteiger partial charge in [0.1, 0.15) is 0 Å². The third kappa shape index (κ3) is 2.96. The molecule has 0 radical (unpaired) electrons. The standard InChI is InChI=1S/C12H26N2/c1-10(2)14-8-6-12(7-9-14)11(3)13(4)5/h10-12H,6-9H2,1-5H3/t11-/m1/s1. The Hall–Kier alpha value is -0.0800. The maximum absolute atomic E-state index is 2.60. The van der Waals surface area contributed by atoms with Gasteiger partial charge in [-0.15, -0.1) is 0 Å². The second kappa shape index (κ2) is 5.13. The molecule has 2 heteroatoms. The monoisotopic (exact) mass is 198 g/mol. The molecule has 0 unspecified atom stereocenters. The van der Waals surface area contributed by atoms with Crippen molar-refractivity contribution in [3.63, 3.8) is 0 Å². The summed E-state index contributed by atoms with van der Waals surface area (Å²) in [5.74, 6) is 0.903. The lowest BCUT2D eigenvalue weighted by atomic mass is 9.89. The van der Waals surface area contributed by atoms with E-state index in [9.17, 15) is 0 Å². The Labute approximate surface area is 89.3 Å². The lowest BCUT2D eigenvalue weighted by Crippen LogP contribution is -2.43. The highest BCUT2D eigenvalue weighted by molar-refractivity contribution is 4.80. The molecule has 0 bridgehead atoms. The third-order valence-electron chi connectivity index (χ3n) is 3.80. The lowest BCUT2D eigenvalue weighted by Gasteiger charge is -2.38. The van der Waals surface area contributed by atoms with E-state index in [1.165, 1.54) is 25.9 Å². The largest absolute Gasteiger partial charge is 0.306 e. The molecule has 0 aromatic rings. The highest BCUT2D eigenvalue weighted by atomic mass is 15.2. The van der Waals surface area contributed by atoms with E-state index >= 15 is 0 Å². The van der Waals surface area contributed by atoms with Crippen molar-refractivity contribution >= 4 is 0 Å². The summed E-state index contributed by atoms with van der Waals surface area (Å²) in [5.41, 5.74) is 0. The molecule has 0 aromatic heterocycles. The van der Waals surface area contributed by atoms with E-state index in [0.717, 1.165) is 18.0 Å². The van der Waals surface area contributed by atoms with Crippen molar-refractivity contribution in [3.05, 3.63) is 0 Å². The van der Waals surface area contributed by atoms with Crippen LogP contribution in [0.4, 0.5) is 0 Å². The Morgan fingerprint density at radius 2 is 1.57 bits per heavy atom. The van der Waals surface area contributed by atoms with E-state index in [-0.39, 0.29) is 0 Å². The third-order valence-corrected chi connectivity index (χ3v) is 3.80. The Morgan fingerprint density at radius 3 is 1.93 bits per heavy atom. The Morgan fingerprint density at radius 1 is 1.07 bits per heavy atom. The van der Waals surface area contributed by atoms with E-state index < -0.39 is 0 Å². The zero-order valence-corrected chi connectivity index (χ0v) is 10.5. The van der Waals surface area contributed by atoms with Crippen LogP contribution in [0.25, 0.3) is 0 Å². The van der Waals surface area contributed by atoms with Gasteiger partial charge in [0.2, 0.25) is 0 Å². The average molecular weight is 198 g/mol. The number of rotatable bonds is 3. The highest BCUT2D eigenvalue weighted by Crippen LogP contribution is 2.23. The number of piperidine rings is 1. The minimum absolute atomic E-state index is 0.727. The molecule has 1 aliphatic rings. The fraction of sp³-hybridized carbons (Fsp3) is 1.00. The number of hydrogen-bond donors (Lipinski definition) is 0. The normalized spacial score (nSPS) is 23.4. The van der Waals surface area contributed by atoms with Gasteiger partial charge in [-0.1, -0.05) is 0 Å². The van der Waals surface area contributed by atoms with E-state index in [0.29, 0.717) is 0 Å². The highest BCUT2D eigenvalue weighted by Gasteiger charge is 2.25. The Balaban J connectivity index is 2.35. The van der Waals surface area contributed by atoms with Crippen molar-refractivity contribution in [1.29, 1.82) is 0 Å². The molecule has 1 saturated heterocycles. The minimum atomic E-state index is 0.727. The summed E-state index contributed by atoms with van der Waals surface area (Å²) in [7, 11) is 4.39. The minimum Gasteiger partial charge on any atom is -0.306 e. The number of hydrogen-bond acceptors (Lipinski definition) is 2. The molecule has 1 fully saturated rings. The second-order valence-electron chi connectivity index (χ2n) is 5.17. The summed E-state index contributed by atoms with van der Waals surface area (Å²) in [4.78, 5) is 4.95. The van der Waals surface area contributed by atoms with E-state index in [2.05, 4.69) is 44.7 Å². The fourth-order valence-electron chi connectivity index (χ4n) is 2.34. The van der Waals surface area contributed by atoms with Crippen molar-refractivity contribution in [2.45, 2.75) is 45.7 Å². The van der Waals surface area contributed by atoms with Gasteiger partial charge in [0, 0.05) is 12.1 Å². The average Bonchev–Trinajstić information content (AvgIpc) is 2.16. The Bertz CT molecular complexity index is 158. The molecule has 0 N–H and O–H groups in total. The molecule has 0 spiro atoms. The van der Waals surface area contributed by atoms with Crippen LogP contribution in [0.5, 0.6) is 0 Å². The van der Waals surface area contributed by atoms with E-state index in [1.807, 2.05) is 0 Å². The first-order valence-electron chi connectivity index (χ1n) is 5.93. The van der Waals surface area contributed by atoms with E-state index in [1.54, 1.807) is 0 Å². The van der Waals surface area contributed by atoms with Crippen LogP contribution < -0.4 is 0 Å². The van der Waals surface area contributed by atoms with Crippen LogP contribution >= 0.6 is 0 Å². The van der Waals surface area contributed by atoms with Crippen LogP contribution in [0.3, 0.4) is 0 Å². The van der Waals surface area contributed by atoms with Crippen LogP contribution in [0.1, 0.15) is 33.6 Å². The molecule has 1 aliphatic heterocycles. The summed E-state index contributed by atoms with van der Waals surface area (Å²) in [5, 5.41) is 0. The smallest absolute Gasteiger partial charge is 0.00900 e. The van der Waals surface area contributed by atoms with Gasteiger partial charge in [-0.2, -0.15) is 0 Å². The molecule has 0 aliphatic carbocycles. The van der Waals surface area contributed by atoms with Crippen LogP contribution in [-0.4, -0.2) is 49.1 Å². The quantitative estimate of drug-likeness (QED) is 0.685. The summed E-state index contributed by atoms with van der Waals surface area (Å²) in [6, 6.07) is 1.47. The van der Waals surface area contributed by atoms with Crippen LogP contribution in [0.2, 0.25) is 0 Å². The van der Waals surface area contributed by atoms with E-state index in [4.69, 9.17) is 0 Å². The van der Waals surface area contributed by atoms with Gasteiger partial charge in [0.05, 0.1) is 0 Å². The van der Waals surface area contributed by atoms with Gasteiger partial charge in [-0.05, 0) is 66.7 Å². The predicted octanol–water partition coefficient (Wildman–Crippen LogP) is 2.06. The van der Waals surface area contributed by atoms with Gasteiger partial charge < -0.3 is 9.80 Å². The summed E-state index contributed by atoms with van der Waals surface area (Å²) in [6.45, 7) is 9.54. The topological polar surface area (TPSA) is 6.48 Å². The first-order chi connectivity index (χ1) is 6.52. The molecule has 0 aromatic carbocycles. The van der Waals surface area contributed by atoms with Gasteiger partial charge in [-0.3, -0.25) is 0 Å². The van der Waals surface area contributed by atoms with Crippen LogP contribution in [-0.2, 0) is 0 Å². The second-order valence-corrected chi connectivity index (χ2v) is 5.17. The van der Waals surface area contributed by atoms with Crippen molar-refractivity contribution in [3.8, 4) is 0 Å². The van der Waals surface area contributed by atoms with Crippen molar-refractivity contribution in [1.82, 2.24) is 9.80 Å². The number of nitrogens with zero attached hydrogens (tertiary/aromatic N) is 2. The van der Waals surface area contributed by atoms with Gasteiger partial charge in [0.15, 0.2) is 0 Å². The predicted molar refractivity (Wildman–Crippen MR) is 62.6 cm³/mol. The fourth-order valence-corrected chi connectivity index (χ4v) is 2.34. The molecule has 84 valence electrons. The van der Waals surface area contributed by atoms with Gasteiger partial charge >= 0.3 is 0 Å². The molecule has 2 nitrogen and oxygen atoms in total. The molecule has 1 atom stereocenters. The van der Waals surface area contributed by atoms with Crippen molar-refractivity contribution in [2.75, 3.05) is 27.2 Å². The van der Waals surface area contributed by atoms with Gasteiger partial charge in [-0.25, -0.2) is 0 Å². The summed E-state index contributed by atoms with van der Waals surface area (Å²) < 4.78 is 0. The molecule has 0 amide bonds. The Kier molecular flexibility index (Phi) is 4.39. The molecule has 1 heterocycles. The first kappa shape index (κ1) is 12.0. The number of likely N-dealkylation sites (tertiary alicyclic amines) is 1. The molecule has 0 saturated carbocycles. The molecular formula is C12H26N2. The zero-order chi connectivity index (χ0) is 10.7. The lowest BCUT2D eigenvalue weighted by molar-refractivity contribution is 0.106. The maximum atomic E-state index is 2.60. The van der Waals surface area contributed by atoms with Crippen LogP contribution in [0.15, 0.2) is 0 Å². The molecule has 1 rings (SSSR count).